The molecule has 0 atom stereocenters. The van der Waals surface area contributed by atoms with Crippen molar-refractivity contribution in [3.63, 3.8) is 0 Å². The van der Waals surface area contributed by atoms with Gasteiger partial charge in [0.2, 0.25) is 0 Å². The van der Waals surface area contributed by atoms with Crippen molar-refractivity contribution in [3.8, 4) is 0 Å². The number of carbonyl (C=O) groups excluding carboxylic acids is 2. The molecule has 0 bridgehead atoms. The molecule has 2 amide bonds. The lowest BCUT2D eigenvalue weighted by atomic mass is 10.1. The summed E-state index contributed by atoms with van der Waals surface area (Å²) in [7, 11) is 0. The van der Waals surface area contributed by atoms with Crippen LogP contribution in [0.5, 0.6) is 0 Å². The first-order valence-corrected chi connectivity index (χ1v) is 7.06. The Morgan fingerprint density at radius 2 is 1.83 bits per heavy atom. The molecule has 0 spiro atoms. The van der Waals surface area contributed by atoms with E-state index in [1.807, 2.05) is 30.3 Å². The summed E-state index contributed by atoms with van der Waals surface area (Å²) in [6, 6.07) is 15.3. The number of hydrogen-bond donors (Lipinski definition) is 2. The van der Waals surface area contributed by atoms with Crippen molar-refractivity contribution in [1.82, 2.24) is 10.7 Å². The normalized spacial score (nSPS) is 10.5. The minimum absolute atomic E-state index is 0.351. The molecule has 6 heteroatoms. The van der Waals surface area contributed by atoms with E-state index in [0.717, 1.165) is 5.56 Å². The van der Waals surface area contributed by atoms with Crippen LogP contribution in [0.4, 0.5) is 4.39 Å². The first kappa shape index (κ1) is 16.4. The minimum Gasteiger partial charge on any atom is -0.347 e. The zero-order valence-electron chi connectivity index (χ0n) is 12.3. The molecular formula is C17H16FN3O2. The quantitative estimate of drug-likeness (QED) is 0.500. The number of benzene rings is 2. The van der Waals surface area contributed by atoms with Gasteiger partial charge < -0.3 is 5.32 Å². The molecule has 2 rings (SSSR count). The topological polar surface area (TPSA) is 70.6 Å². The van der Waals surface area contributed by atoms with Crippen LogP contribution >= 0.6 is 0 Å². The lowest BCUT2D eigenvalue weighted by molar-refractivity contribution is -0.139. The molecule has 2 aromatic carbocycles. The van der Waals surface area contributed by atoms with Gasteiger partial charge in [-0.2, -0.15) is 5.10 Å². The molecule has 0 aliphatic heterocycles. The van der Waals surface area contributed by atoms with Crippen molar-refractivity contribution in [2.75, 3.05) is 6.54 Å². The van der Waals surface area contributed by atoms with Crippen LogP contribution in [0.25, 0.3) is 0 Å². The van der Waals surface area contributed by atoms with E-state index in [1.165, 1.54) is 24.4 Å². The van der Waals surface area contributed by atoms with Crippen LogP contribution in [0.3, 0.4) is 0 Å². The Hall–Kier alpha value is -3.02. The van der Waals surface area contributed by atoms with Crippen LogP contribution in [0.1, 0.15) is 11.1 Å². The van der Waals surface area contributed by atoms with E-state index in [-0.39, 0.29) is 0 Å². The van der Waals surface area contributed by atoms with Crippen molar-refractivity contribution in [3.05, 3.63) is 71.5 Å². The van der Waals surface area contributed by atoms with E-state index >= 15 is 0 Å². The van der Waals surface area contributed by atoms with Crippen LogP contribution in [-0.2, 0) is 16.0 Å². The van der Waals surface area contributed by atoms with Crippen LogP contribution in [0, 0.1) is 5.82 Å². The molecule has 0 unspecified atom stereocenters. The summed E-state index contributed by atoms with van der Waals surface area (Å²) in [5, 5.41) is 6.12. The van der Waals surface area contributed by atoms with Gasteiger partial charge in [-0.15, -0.1) is 0 Å². The molecular weight excluding hydrogens is 297 g/mol. The van der Waals surface area contributed by atoms with E-state index in [9.17, 15) is 14.0 Å². The molecule has 0 heterocycles. The van der Waals surface area contributed by atoms with Crippen LogP contribution in [-0.4, -0.2) is 24.6 Å². The summed E-state index contributed by atoms with van der Waals surface area (Å²) in [6.07, 6.45) is 1.89. The van der Waals surface area contributed by atoms with Crippen molar-refractivity contribution in [1.29, 1.82) is 0 Å². The molecule has 2 N–H and O–H groups in total. The SMILES string of the molecule is O=C(NCCc1ccccc1)C(=O)N/N=C/c1cccc(F)c1. The zero-order valence-corrected chi connectivity index (χ0v) is 12.3. The molecule has 0 radical (unpaired) electrons. The number of amides is 2. The predicted molar refractivity (Wildman–Crippen MR) is 85.3 cm³/mol. The maximum Gasteiger partial charge on any atom is 0.329 e. The Bertz CT molecular complexity index is 702. The number of carbonyl (C=O) groups is 2. The third-order valence-corrected chi connectivity index (χ3v) is 2.98. The van der Waals surface area contributed by atoms with Gasteiger partial charge in [0.25, 0.3) is 0 Å². The van der Waals surface area contributed by atoms with Gasteiger partial charge >= 0.3 is 11.8 Å². The molecule has 2 aromatic rings. The first-order valence-electron chi connectivity index (χ1n) is 7.06. The van der Waals surface area contributed by atoms with E-state index in [4.69, 9.17) is 0 Å². The Morgan fingerprint density at radius 3 is 2.57 bits per heavy atom. The summed E-state index contributed by atoms with van der Waals surface area (Å²) < 4.78 is 12.9. The highest BCUT2D eigenvalue weighted by molar-refractivity contribution is 6.35. The second-order valence-corrected chi connectivity index (χ2v) is 4.75. The van der Waals surface area contributed by atoms with E-state index in [0.29, 0.717) is 18.5 Å². The van der Waals surface area contributed by atoms with E-state index < -0.39 is 17.6 Å². The molecule has 0 saturated carbocycles. The highest BCUT2D eigenvalue weighted by Gasteiger charge is 2.11. The average Bonchev–Trinajstić information content (AvgIpc) is 2.55. The fraction of sp³-hybridized carbons (Fsp3) is 0.118. The van der Waals surface area contributed by atoms with Crippen LogP contribution in [0.2, 0.25) is 0 Å². The molecule has 0 aromatic heterocycles. The fourth-order valence-electron chi connectivity index (χ4n) is 1.85. The fourth-order valence-corrected chi connectivity index (χ4v) is 1.85. The van der Waals surface area contributed by atoms with E-state index in [1.54, 1.807) is 6.07 Å². The van der Waals surface area contributed by atoms with E-state index in [2.05, 4.69) is 15.8 Å². The zero-order chi connectivity index (χ0) is 16.5. The number of halogens is 1. The third-order valence-electron chi connectivity index (χ3n) is 2.98. The monoisotopic (exact) mass is 313 g/mol. The standard InChI is InChI=1S/C17H16FN3O2/c18-15-8-4-7-14(11-15)12-20-21-17(23)16(22)19-10-9-13-5-2-1-3-6-13/h1-8,11-12H,9-10H2,(H,19,22)(H,21,23)/b20-12+. The Balaban J connectivity index is 1.73. The Morgan fingerprint density at radius 1 is 1.04 bits per heavy atom. The average molecular weight is 313 g/mol. The third kappa shape index (κ3) is 5.70. The summed E-state index contributed by atoms with van der Waals surface area (Å²) >= 11 is 0. The highest BCUT2D eigenvalue weighted by Crippen LogP contribution is 2.00. The lowest BCUT2D eigenvalue weighted by Gasteiger charge is -2.04. The maximum atomic E-state index is 12.9. The highest BCUT2D eigenvalue weighted by atomic mass is 19.1. The minimum atomic E-state index is -0.870. The first-order chi connectivity index (χ1) is 11.1. The van der Waals surface area contributed by atoms with Gasteiger partial charge in [-0.3, -0.25) is 9.59 Å². The van der Waals surface area contributed by atoms with Crippen molar-refractivity contribution in [2.45, 2.75) is 6.42 Å². The number of rotatable bonds is 5. The van der Waals surface area contributed by atoms with Crippen LogP contribution in [0.15, 0.2) is 59.7 Å². The molecule has 23 heavy (non-hydrogen) atoms. The molecule has 0 aliphatic carbocycles. The molecule has 0 saturated heterocycles. The summed E-state index contributed by atoms with van der Waals surface area (Å²) in [6.45, 7) is 0.351. The van der Waals surface area contributed by atoms with Crippen molar-refractivity contribution >= 4 is 18.0 Å². The second-order valence-electron chi connectivity index (χ2n) is 4.75. The van der Waals surface area contributed by atoms with Gasteiger partial charge in [-0.1, -0.05) is 42.5 Å². The number of nitrogens with zero attached hydrogens (tertiary/aromatic N) is 1. The molecule has 118 valence electrons. The number of nitrogens with one attached hydrogen (secondary N) is 2. The van der Waals surface area contributed by atoms with Gasteiger partial charge in [-0.25, -0.2) is 9.82 Å². The second kappa shape index (κ2) is 8.43. The summed E-state index contributed by atoms with van der Waals surface area (Å²) in [5.41, 5.74) is 3.64. The van der Waals surface area contributed by atoms with Gasteiger partial charge in [0, 0.05) is 6.54 Å². The Labute approximate surface area is 133 Å². The number of hydrogen-bond acceptors (Lipinski definition) is 3. The predicted octanol–water partition coefficient (Wildman–Crippen LogP) is 1.63. The largest absolute Gasteiger partial charge is 0.347 e. The molecule has 0 fully saturated rings. The molecule has 5 nitrogen and oxygen atoms in total. The van der Waals surface area contributed by atoms with Gasteiger partial charge in [0.05, 0.1) is 6.21 Å². The summed E-state index contributed by atoms with van der Waals surface area (Å²) in [5.74, 6) is -2.04. The Kier molecular flexibility index (Phi) is 5.99. The maximum absolute atomic E-state index is 12.9. The number of hydrazone groups is 1. The smallest absolute Gasteiger partial charge is 0.329 e. The van der Waals surface area contributed by atoms with Gasteiger partial charge in [0.15, 0.2) is 0 Å². The summed E-state index contributed by atoms with van der Waals surface area (Å²) in [4.78, 5) is 23.1. The van der Waals surface area contributed by atoms with Crippen molar-refractivity contribution < 1.29 is 14.0 Å². The van der Waals surface area contributed by atoms with Gasteiger partial charge in [-0.05, 0) is 29.7 Å². The van der Waals surface area contributed by atoms with Crippen LogP contribution < -0.4 is 10.7 Å². The van der Waals surface area contributed by atoms with Gasteiger partial charge in [0.1, 0.15) is 5.82 Å². The lowest BCUT2D eigenvalue weighted by Crippen LogP contribution is -2.38. The molecule has 0 aliphatic rings. The van der Waals surface area contributed by atoms with Crippen molar-refractivity contribution in [2.24, 2.45) is 5.10 Å².